The summed E-state index contributed by atoms with van der Waals surface area (Å²) in [6.07, 6.45) is 4.16. The van der Waals surface area contributed by atoms with Crippen LogP contribution in [0, 0.1) is 16.7 Å². The molecule has 0 aromatic carbocycles. The molecule has 0 amide bonds. The van der Waals surface area contributed by atoms with E-state index in [1.165, 1.54) is 24.1 Å². The van der Waals surface area contributed by atoms with Gasteiger partial charge in [-0.3, -0.25) is 0 Å². The second kappa shape index (κ2) is 4.22. The summed E-state index contributed by atoms with van der Waals surface area (Å²) in [7, 11) is 0. The van der Waals surface area contributed by atoms with E-state index >= 15 is 0 Å². The van der Waals surface area contributed by atoms with Crippen LogP contribution in [0.4, 0.5) is 0 Å². The van der Waals surface area contributed by atoms with Gasteiger partial charge >= 0.3 is 0 Å². The largest absolute Gasteiger partial charge is 0.309 e. The van der Waals surface area contributed by atoms with Crippen LogP contribution in [0.15, 0.2) is 12.1 Å². The molecule has 1 N–H and O–H groups in total. The number of nitrogens with one attached hydrogen (secondary N) is 1. The first kappa shape index (κ1) is 13.0. The minimum Gasteiger partial charge on any atom is -0.309 e. The van der Waals surface area contributed by atoms with E-state index in [0.29, 0.717) is 16.9 Å². The van der Waals surface area contributed by atoms with Gasteiger partial charge in [-0.1, -0.05) is 32.4 Å². The van der Waals surface area contributed by atoms with Gasteiger partial charge in [-0.25, -0.2) is 0 Å². The molecule has 2 saturated carbocycles. The highest BCUT2D eigenvalue weighted by Crippen LogP contribution is 2.65. The van der Waals surface area contributed by atoms with Crippen LogP contribution in [-0.4, -0.2) is 6.04 Å². The minimum absolute atomic E-state index is 0.471. The Labute approximate surface area is 119 Å². The predicted octanol–water partition coefficient (Wildman–Crippen LogP) is 4.71. The summed E-state index contributed by atoms with van der Waals surface area (Å²) in [5.74, 6) is 0.909. The fourth-order valence-electron chi connectivity index (χ4n) is 4.18. The first-order valence-corrected chi connectivity index (χ1v) is 8.10. The van der Waals surface area contributed by atoms with Crippen LogP contribution in [-0.2, 0) is 6.54 Å². The van der Waals surface area contributed by atoms with E-state index in [2.05, 4.69) is 32.2 Å². The third-order valence-electron chi connectivity index (χ3n) is 5.95. The molecule has 2 aliphatic carbocycles. The number of hydrogen-bond acceptors (Lipinski definition) is 2. The fourth-order valence-corrected chi connectivity index (χ4v) is 5.22. The molecule has 3 heteroatoms. The van der Waals surface area contributed by atoms with Crippen molar-refractivity contribution in [1.82, 2.24) is 5.32 Å². The molecule has 1 heterocycles. The van der Waals surface area contributed by atoms with Crippen molar-refractivity contribution in [2.75, 3.05) is 0 Å². The molecule has 0 aliphatic heterocycles. The SMILES string of the molecule is CC1(C)C2CCC1(C)C(NCc1ccc(Cl)s1)C2. The summed E-state index contributed by atoms with van der Waals surface area (Å²) >= 11 is 7.68. The van der Waals surface area contributed by atoms with Crippen LogP contribution >= 0.6 is 22.9 Å². The lowest BCUT2D eigenvalue weighted by molar-refractivity contribution is 0.120. The van der Waals surface area contributed by atoms with E-state index in [1.54, 1.807) is 11.3 Å². The van der Waals surface area contributed by atoms with Gasteiger partial charge < -0.3 is 5.32 Å². The Bertz CT molecular complexity index is 453. The van der Waals surface area contributed by atoms with Gasteiger partial charge in [0.15, 0.2) is 0 Å². The molecule has 2 aliphatic rings. The molecular weight excluding hydrogens is 262 g/mol. The molecule has 1 nitrogen and oxygen atoms in total. The van der Waals surface area contributed by atoms with Crippen molar-refractivity contribution in [3.05, 3.63) is 21.3 Å². The average molecular weight is 284 g/mol. The lowest BCUT2D eigenvalue weighted by atomic mass is 9.69. The van der Waals surface area contributed by atoms with Gasteiger partial charge in [-0.05, 0) is 48.1 Å². The molecule has 100 valence electrons. The summed E-state index contributed by atoms with van der Waals surface area (Å²) in [5.41, 5.74) is 0.969. The highest BCUT2D eigenvalue weighted by molar-refractivity contribution is 7.16. The smallest absolute Gasteiger partial charge is 0.0931 e. The number of rotatable bonds is 3. The highest BCUT2D eigenvalue weighted by Gasteiger charge is 2.60. The molecular formula is C15H22ClNS. The van der Waals surface area contributed by atoms with E-state index in [1.807, 2.05) is 6.07 Å². The van der Waals surface area contributed by atoms with Crippen molar-refractivity contribution in [2.45, 2.75) is 52.6 Å². The Hall–Kier alpha value is -0.0500. The van der Waals surface area contributed by atoms with E-state index in [4.69, 9.17) is 11.6 Å². The maximum atomic E-state index is 5.98. The van der Waals surface area contributed by atoms with Crippen LogP contribution in [0.1, 0.15) is 44.9 Å². The zero-order valence-electron chi connectivity index (χ0n) is 11.4. The van der Waals surface area contributed by atoms with Crippen LogP contribution in [0.25, 0.3) is 0 Å². The molecule has 1 aromatic heterocycles. The second-order valence-corrected chi connectivity index (χ2v) is 8.55. The molecule has 0 spiro atoms. The van der Waals surface area contributed by atoms with Gasteiger partial charge in [-0.15, -0.1) is 11.3 Å². The first-order chi connectivity index (χ1) is 8.43. The topological polar surface area (TPSA) is 12.0 Å². The molecule has 18 heavy (non-hydrogen) atoms. The Kier molecular flexibility index (Phi) is 3.04. The summed E-state index contributed by atoms with van der Waals surface area (Å²) in [6.45, 7) is 8.39. The summed E-state index contributed by atoms with van der Waals surface area (Å²) in [6, 6.07) is 4.81. The molecule has 2 fully saturated rings. The van der Waals surface area contributed by atoms with E-state index in [9.17, 15) is 0 Å². The third kappa shape index (κ3) is 1.76. The van der Waals surface area contributed by atoms with E-state index in [0.717, 1.165) is 16.8 Å². The first-order valence-electron chi connectivity index (χ1n) is 6.91. The molecule has 3 atom stereocenters. The van der Waals surface area contributed by atoms with E-state index < -0.39 is 0 Å². The van der Waals surface area contributed by atoms with Crippen molar-refractivity contribution >= 4 is 22.9 Å². The molecule has 2 bridgehead atoms. The van der Waals surface area contributed by atoms with Gasteiger partial charge in [0, 0.05) is 17.5 Å². The quantitative estimate of drug-likeness (QED) is 0.847. The fraction of sp³-hybridized carbons (Fsp3) is 0.733. The number of halogens is 1. The molecule has 3 unspecified atom stereocenters. The highest BCUT2D eigenvalue weighted by atomic mass is 35.5. The van der Waals surface area contributed by atoms with Crippen molar-refractivity contribution in [2.24, 2.45) is 16.7 Å². The lowest BCUT2D eigenvalue weighted by Gasteiger charge is -2.39. The zero-order chi connectivity index (χ0) is 13.0. The van der Waals surface area contributed by atoms with Crippen molar-refractivity contribution in [1.29, 1.82) is 0 Å². The van der Waals surface area contributed by atoms with Crippen molar-refractivity contribution in [3.8, 4) is 0 Å². The Morgan fingerprint density at radius 2 is 2.17 bits per heavy atom. The number of thiophene rings is 1. The molecule has 0 radical (unpaired) electrons. The number of fused-ring (bicyclic) bond motifs is 2. The number of hydrogen-bond donors (Lipinski definition) is 1. The average Bonchev–Trinajstić information content (AvgIpc) is 2.87. The summed E-state index contributed by atoms with van der Waals surface area (Å²) in [4.78, 5) is 1.35. The Balaban J connectivity index is 1.69. The summed E-state index contributed by atoms with van der Waals surface area (Å²) < 4.78 is 0.895. The van der Waals surface area contributed by atoms with Crippen LogP contribution in [0.3, 0.4) is 0 Å². The van der Waals surface area contributed by atoms with Crippen molar-refractivity contribution < 1.29 is 0 Å². The Morgan fingerprint density at radius 1 is 1.39 bits per heavy atom. The lowest BCUT2D eigenvalue weighted by Crippen LogP contribution is -2.44. The summed E-state index contributed by atoms with van der Waals surface area (Å²) in [5, 5.41) is 3.79. The molecule has 3 rings (SSSR count). The van der Waals surface area contributed by atoms with Gasteiger partial charge in [0.25, 0.3) is 0 Å². The second-order valence-electron chi connectivity index (χ2n) is 6.75. The van der Waals surface area contributed by atoms with Gasteiger partial charge in [-0.2, -0.15) is 0 Å². The third-order valence-corrected chi connectivity index (χ3v) is 7.18. The Morgan fingerprint density at radius 3 is 2.67 bits per heavy atom. The van der Waals surface area contributed by atoms with Gasteiger partial charge in [0.05, 0.1) is 4.34 Å². The monoisotopic (exact) mass is 283 g/mol. The standard InChI is InChI=1S/C15H22ClNS/c1-14(2)10-6-7-15(14,3)12(8-10)17-9-11-4-5-13(16)18-11/h4-5,10,12,17H,6-9H2,1-3H3. The van der Waals surface area contributed by atoms with Crippen LogP contribution in [0.5, 0.6) is 0 Å². The van der Waals surface area contributed by atoms with E-state index in [-0.39, 0.29) is 0 Å². The van der Waals surface area contributed by atoms with Gasteiger partial charge in [0.1, 0.15) is 0 Å². The predicted molar refractivity (Wildman–Crippen MR) is 79.2 cm³/mol. The maximum absolute atomic E-state index is 5.98. The van der Waals surface area contributed by atoms with Crippen molar-refractivity contribution in [3.63, 3.8) is 0 Å². The minimum atomic E-state index is 0.471. The maximum Gasteiger partial charge on any atom is 0.0931 e. The normalized spacial score (nSPS) is 37.3. The van der Waals surface area contributed by atoms with Gasteiger partial charge in [0.2, 0.25) is 0 Å². The van der Waals surface area contributed by atoms with Crippen LogP contribution in [0.2, 0.25) is 4.34 Å². The molecule has 1 aromatic rings. The molecule has 0 saturated heterocycles. The van der Waals surface area contributed by atoms with Crippen LogP contribution < -0.4 is 5.32 Å². The zero-order valence-corrected chi connectivity index (χ0v) is 13.0.